The van der Waals surface area contributed by atoms with Gasteiger partial charge >= 0.3 is 6.03 Å². The molecule has 25 heavy (non-hydrogen) atoms. The first kappa shape index (κ1) is 16.9. The van der Waals surface area contributed by atoms with E-state index in [4.69, 9.17) is 4.74 Å². The fourth-order valence-corrected chi connectivity index (χ4v) is 4.63. The second kappa shape index (κ2) is 6.61. The van der Waals surface area contributed by atoms with Crippen LogP contribution in [0.5, 0.6) is 0 Å². The summed E-state index contributed by atoms with van der Waals surface area (Å²) in [5.41, 5.74) is 3.94. The van der Waals surface area contributed by atoms with Gasteiger partial charge in [-0.3, -0.25) is 4.90 Å². The predicted octanol–water partition coefficient (Wildman–Crippen LogP) is 2.34. The topological polar surface area (TPSA) is 44.8 Å². The van der Waals surface area contributed by atoms with Crippen LogP contribution < -0.4 is 5.32 Å². The molecule has 0 saturated carbocycles. The van der Waals surface area contributed by atoms with E-state index in [9.17, 15) is 4.79 Å². The molecule has 136 valence electrons. The van der Waals surface area contributed by atoms with E-state index in [2.05, 4.69) is 49.3 Å². The Morgan fingerprint density at radius 3 is 3.00 bits per heavy atom. The van der Waals surface area contributed by atoms with Crippen LogP contribution >= 0.6 is 0 Å². The van der Waals surface area contributed by atoms with Gasteiger partial charge in [0.2, 0.25) is 0 Å². The van der Waals surface area contributed by atoms with Crippen molar-refractivity contribution in [1.29, 1.82) is 0 Å². The van der Waals surface area contributed by atoms with Crippen LogP contribution in [0.3, 0.4) is 0 Å². The maximum atomic E-state index is 12.9. The van der Waals surface area contributed by atoms with Gasteiger partial charge in [-0.05, 0) is 43.9 Å². The smallest absolute Gasteiger partial charge is 0.317 e. The SMILES string of the molecule is Cc1ccc2c(c1)[C@H](NC(=O)N1CC[C@@H]3OCCN(C)[C@@H]3C1)[C@H](C)C2. The number of carbonyl (C=O) groups excluding carboxylic acids is 1. The second-order valence-corrected chi connectivity index (χ2v) is 8.00. The van der Waals surface area contributed by atoms with Crippen molar-refractivity contribution >= 4 is 6.03 Å². The van der Waals surface area contributed by atoms with E-state index in [1.165, 1.54) is 16.7 Å². The van der Waals surface area contributed by atoms with Crippen LogP contribution in [0.4, 0.5) is 4.79 Å². The normalized spacial score (nSPS) is 32.2. The molecule has 5 heteroatoms. The molecule has 2 fully saturated rings. The summed E-state index contributed by atoms with van der Waals surface area (Å²) in [4.78, 5) is 17.2. The zero-order valence-corrected chi connectivity index (χ0v) is 15.5. The molecule has 1 N–H and O–H groups in total. The second-order valence-electron chi connectivity index (χ2n) is 8.00. The molecule has 0 unspecified atom stereocenters. The minimum absolute atomic E-state index is 0.0728. The Labute approximate surface area is 150 Å². The van der Waals surface area contributed by atoms with Gasteiger partial charge in [0.1, 0.15) is 0 Å². The Bertz CT molecular complexity index is 662. The fourth-order valence-electron chi connectivity index (χ4n) is 4.63. The molecular formula is C20H29N3O2. The maximum absolute atomic E-state index is 12.9. The molecule has 0 bridgehead atoms. The van der Waals surface area contributed by atoms with Gasteiger partial charge in [0.25, 0.3) is 0 Å². The molecule has 4 atom stereocenters. The molecule has 2 heterocycles. The van der Waals surface area contributed by atoms with Crippen LogP contribution in [-0.2, 0) is 11.2 Å². The van der Waals surface area contributed by atoms with E-state index in [1.807, 2.05) is 4.90 Å². The number of carbonyl (C=O) groups is 1. The molecule has 2 aliphatic heterocycles. The summed E-state index contributed by atoms with van der Waals surface area (Å²) in [5.74, 6) is 0.443. The number of urea groups is 1. The Balaban J connectivity index is 1.45. The summed E-state index contributed by atoms with van der Waals surface area (Å²) < 4.78 is 5.89. The van der Waals surface area contributed by atoms with E-state index in [0.717, 1.165) is 39.1 Å². The Morgan fingerprint density at radius 2 is 2.16 bits per heavy atom. The van der Waals surface area contributed by atoms with E-state index < -0.39 is 0 Å². The minimum atomic E-state index is 0.0728. The average Bonchev–Trinajstić information content (AvgIpc) is 2.90. The van der Waals surface area contributed by atoms with E-state index in [0.29, 0.717) is 12.0 Å². The number of fused-ring (bicyclic) bond motifs is 2. The van der Waals surface area contributed by atoms with Crippen molar-refractivity contribution in [1.82, 2.24) is 15.1 Å². The summed E-state index contributed by atoms with van der Waals surface area (Å²) in [6.07, 6.45) is 2.25. The molecule has 0 spiro atoms. The number of aryl methyl sites for hydroxylation is 1. The number of rotatable bonds is 1. The summed E-state index contributed by atoms with van der Waals surface area (Å²) in [6.45, 7) is 7.64. The lowest BCUT2D eigenvalue weighted by Crippen LogP contribution is -2.61. The third-order valence-corrected chi connectivity index (χ3v) is 6.18. The largest absolute Gasteiger partial charge is 0.375 e. The van der Waals surface area contributed by atoms with Crippen molar-refractivity contribution < 1.29 is 9.53 Å². The third-order valence-electron chi connectivity index (χ3n) is 6.18. The Morgan fingerprint density at radius 1 is 1.32 bits per heavy atom. The zero-order valence-electron chi connectivity index (χ0n) is 15.5. The lowest BCUT2D eigenvalue weighted by atomic mass is 9.99. The van der Waals surface area contributed by atoms with Gasteiger partial charge in [0.15, 0.2) is 0 Å². The van der Waals surface area contributed by atoms with E-state index >= 15 is 0 Å². The molecule has 0 aromatic heterocycles. The summed E-state index contributed by atoms with van der Waals surface area (Å²) >= 11 is 0. The van der Waals surface area contributed by atoms with Crippen molar-refractivity contribution in [3.63, 3.8) is 0 Å². The van der Waals surface area contributed by atoms with Crippen molar-refractivity contribution in [2.45, 2.75) is 44.9 Å². The summed E-state index contributed by atoms with van der Waals surface area (Å²) in [5, 5.41) is 3.32. The highest BCUT2D eigenvalue weighted by molar-refractivity contribution is 5.75. The van der Waals surface area contributed by atoms with Gasteiger partial charge in [0.05, 0.1) is 24.8 Å². The standard InChI is InChI=1S/C20H29N3O2/c1-13-4-5-15-11-14(2)19(16(15)10-13)21-20(24)23-7-6-18-17(12-23)22(3)8-9-25-18/h4-5,10,14,17-19H,6-9,11-12H2,1-3H3,(H,21,24)/t14-,17-,18+,19-/m1/s1. The van der Waals surface area contributed by atoms with Crippen LogP contribution in [0, 0.1) is 12.8 Å². The van der Waals surface area contributed by atoms with Crippen molar-refractivity contribution in [2.75, 3.05) is 33.3 Å². The number of nitrogens with zero attached hydrogens (tertiary/aromatic N) is 2. The number of hydrogen-bond acceptors (Lipinski definition) is 3. The molecule has 1 aromatic carbocycles. The molecular weight excluding hydrogens is 314 g/mol. The number of morpholine rings is 1. The lowest BCUT2D eigenvalue weighted by Gasteiger charge is -2.45. The molecule has 3 aliphatic rings. The highest BCUT2D eigenvalue weighted by Gasteiger charge is 2.38. The van der Waals surface area contributed by atoms with E-state index in [-0.39, 0.29) is 18.2 Å². The number of piperidine rings is 1. The number of amides is 2. The molecule has 1 aliphatic carbocycles. The monoisotopic (exact) mass is 343 g/mol. The number of nitrogens with one attached hydrogen (secondary N) is 1. The van der Waals surface area contributed by atoms with Gasteiger partial charge in [-0.1, -0.05) is 30.7 Å². The summed E-state index contributed by atoms with van der Waals surface area (Å²) in [6, 6.07) is 7.14. The Kier molecular flexibility index (Phi) is 4.46. The number of benzene rings is 1. The maximum Gasteiger partial charge on any atom is 0.317 e. The van der Waals surface area contributed by atoms with Crippen LogP contribution in [0.15, 0.2) is 18.2 Å². The summed E-state index contributed by atoms with van der Waals surface area (Å²) in [7, 11) is 2.14. The number of likely N-dealkylation sites (tertiary alicyclic amines) is 1. The quantitative estimate of drug-likeness (QED) is 0.851. The molecule has 5 nitrogen and oxygen atoms in total. The lowest BCUT2D eigenvalue weighted by molar-refractivity contribution is -0.0882. The van der Waals surface area contributed by atoms with Crippen LogP contribution in [0.1, 0.15) is 36.1 Å². The van der Waals surface area contributed by atoms with Crippen molar-refractivity contribution in [3.05, 3.63) is 34.9 Å². The first-order valence-electron chi connectivity index (χ1n) is 9.49. The molecule has 1 aromatic rings. The number of likely N-dealkylation sites (N-methyl/N-ethyl adjacent to an activating group) is 1. The van der Waals surface area contributed by atoms with Crippen LogP contribution in [-0.4, -0.2) is 61.3 Å². The molecule has 0 radical (unpaired) electrons. The van der Waals surface area contributed by atoms with Gasteiger partial charge in [-0.25, -0.2) is 4.79 Å². The highest BCUT2D eigenvalue weighted by Crippen LogP contribution is 2.36. The first-order chi connectivity index (χ1) is 12.0. The number of hydrogen-bond donors (Lipinski definition) is 1. The van der Waals surface area contributed by atoms with Gasteiger partial charge in [-0.15, -0.1) is 0 Å². The predicted molar refractivity (Wildman–Crippen MR) is 97.7 cm³/mol. The molecule has 2 saturated heterocycles. The van der Waals surface area contributed by atoms with Gasteiger partial charge < -0.3 is 15.0 Å². The van der Waals surface area contributed by atoms with Crippen LogP contribution in [0.25, 0.3) is 0 Å². The Hall–Kier alpha value is -1.59. The molecule has 2 amide bonds. The van der Waals surface area contributed by atoms with Crippen LogP contribution in [0.2, 0.25) is 0 Å². The zero-order chi connectivity index (χ0) is 17.6. The van der Waals surface area contributed by atoms with Gasteiger partial charge in [0, 0.05) is 19.6 Å². The highest BCUT2D eigenvalue weighted by atomic mass is 16.5. The average molecular weight is 343 g/mol. The van der Waals surface area contributed by atoms with E-state index in [1.54, 1.807) is 0 Å². The van der Waals surface area contributed by atoms with Gasteiger partial charge in [-0.2, -0.15) is 0 Å². The first-order valence-corrected chi connectivity index (χ1v) is 9.49. The third kappa shape index (κ3) is 3.15. The minimum Gasteiger partial charge on any atom is -0.375 e. The van der Waals surface area contributed by atoms with Crippen molar-refractivity contribution in [2.24, 2.45) is 5.92 Å². The molecule has 4 rings (SSSR count). The fraction of sp³-hybridized carbons (Fsp3) is 0.650. The van der Waals surface area contributed by atoms with Crippen molar-refractivity contribution in [3.8, 4) is 0 Å². The number of ether oxygens (including phenoxy) is 1.